The maximum Gasteiger partial charge on any atom is 0.331 e. The Morgan fingerprint density at radius 3 is 2.56 bits per heavy atom. The van der Waals surface area contributed by atoms with Crippen LogP contribution in [0.5, 0.6) is 11.5 Å². The van der Waals surface area contributed by atoms with Crippen molar-refractivity contribution in [2.24, 2.45) is 4.99 Å². The molecule has 59 heavy (non-hydrogen) atoms. The van der Waals surface area contributed by atoms with E-state index in [1.165, 1.54) is 36.6 Å². The number of allylic oxidation sites excluding steroid dienone is 1. The summed E-state index contributed by atoms with van der Waals surface area (Å²) in [6, 6.07) is 13.8. The van der Waals surface area contributed by atoms with Crippen molar-refractivity contribution in [1.82, 2.24) is 5.32 Å². The van der Waals surface area contributed by atoms with Gasteiger partial charge in [-0.05, 0) is 86.8 Å². The minimum atomic E-state index is -2.31. The van der Waals surface area contributed by atoms with Gasteiger partial charge >= 0.3 is 5.97 Å². The number of aliphatic carboxylic acids is 1. The number of carbonyl (C=O) groups excluding carboxylic acids is 2. The van der Waals surface area contributed by atoms with Crippen molar-refractivity contribution in [1.29, 1.82) is 0 Å². The second-order valence-corrected chi connectivity index (χ2v) is 14.4. The van der Waals surface area contributed by atoms with Crippen molar-refractivity contribution in [2.45, 2.75) is 75.3 Å². The van der Waals surface area contributed by atoms with Gasteiger partial charge in [-0.1, -0.05) is 23.8 Å². The van der Waals surface area contributed by atoms with Gasteiger partial charge in [-0.2, -0.15) is 9.90 Å². The number of aliphatic imine (C=N–C) groups is 1. The molecule has 9 unspecified atom stereocenters. The fourth-order valence-corrected chi connectivity index (χ4v) is 7.38. The van der Waals surface area contributed by atoms with Crippen LogP contribution in [-0.4, -0.2) is 99.9 Å². The Kier molecular flexibility index (Phi) is 12.4. The van der Waals surface area contributed by atoms with Crippen LogP contribution in [0.1, 0.15) is 35.6 Å². The van der Waals surface area contributed by atoms with E-state index in [9.17, 15) is 45.0 Å². The first kappa shape index (κ1) is 41.4. The first-order valence-corrected chi connectivity index (χ1v) is 18.9. The summed E-state index contributed by atoms with van der Waals surface area (Å²) in [5, 5.41) is 67.2. The number of hydrogen-bond donors (Lipinski definition) is 7. The number of carboxylic acids is 1. The number of aliphatic hydroxyl groups excluding tert-OH is 4. The number of phenols is 1. The molecular formula is C42H43N3O14. The molecule has 0 bridgehead atoms. The first-order valence-electron chi connectivity index (χ1n) is 18.9. The lowest BCUT2D eigenvalue weighted by molar-refractivity contribution is -1.07. The third-order valence-electron chi connectivity index (χ3n) is 10.3. The number of aliphatic hydroxyl groups is 4. The summed E-state index contributed by atoms with van der Waals surface area (Å²) in [4.78, 5) is 48.6. The Morgan fingerprint density at radius 1 is 1.05 bits per heavy atom. The Bertz CT molecular complexity index is 2360. The number of fused-ring (bicyclic) bond motifs is 2. The zero-order valence-corrected chi connectivity index (χ0v) is 31.9. The third-order valence-corrected chi connectivity index (χ3v) is 10.3. The standard InChI is InChI=1S/C42H43N3O14/c1-21-15-22(5-3-4-14-46)17-25(16-21)33-31-24(12-13-44-31)19-45(33)59-38-36(50)35(49)37(41(54)58-40(53)32(43-2)39(51)52)57-42(38)56-27-10-11-28-30(18-27)55-20-29(34(28)48)23-6-8-26(47)9-7-23/h6-13,15-20,32-33,35-38,41-43,46-47,49-50,54H,3-5,14H2,1-2H3,(H,51,52). The van der Waals surface area contributed by atoms with E-state index in [-0.39, 0.29) is 40.1 Å². The molecule has 9 atom stereocenters. The van der Waals surface area contributed by atoms with Gasteiger partial charge in [0.1, 0.15) is 53.5 Å². The molecule has 310 valence electrons. The second-order valence-electron chi connectivity index (χ2n) is 14.4. The fourth-order valence-electron chi connectivity index (χ4n) is 7.38. The highest BCUT2D eigenvalue weighted by Crippen LogP contribution is 2.32. The molecule has 0 radical (unpaired) electrons. The molecule has 7 rings (SSSR count). The minimum Gasteiger partial charge on any atom is -0.548 e. The lowest BCUT2D eigenvalue weighted by Crippen LogP contribution is -3.07. The molecule has 4 heterocycles. The highest BCUT2D eigenvalue weighted by atomic mass is 16.8. The highest BCUT2D eigenvalue weighted by Gasteiger charge is 2.54. The number of esters is 1. The number of quaternary nitrogens is 1. The predicted molar refractivity (Wildman–Crippen MR) is 205 cm³/mol. The number of unbranched alkanes of at least 4 members (excludes halogenated alkanes) is 1. The van der Waals surface area contributed by atoms with Crippen LogP contribution < -0.4 is 25.7 Å². The number of carbonyl (C=O) groups is 2. The van der Waals surface area contributed by atoms with E-state index >= 15 is 0 Å². The van der Waals surface area contributed by atoms with Crippen LogP contribution in [0.15, 0.2) is 105 Å². The van der Waals surface area contributed by atoms with Crippen molar-refractivity contribution in [2.75, 3.05) is 13.7 Å². The van der Waals surface area contributed by atoms with E-state index in [1.807, 2.05) is 19.1 Å². The van der Waals surface area contributed by atoms with Crippen molar-refractivity contribution < 1.29 is 68.8 Å². The normalized spacial score (nSPS) is 24.6. The quantitative estimate of drug-likeness (QED) is 0.0349. The number of hydroxylamine groups is 2. The van der Waals surface area contributed by atoms with Gasteiger partial charge in [0.15, 0.2) is 17.6 Å². The van der Waals surface area contributed by atoms with E-state index in [1.54, 1.807) is 30.6 Å². The van der Waals surface area contributed by atoms with Crippen molar-refractivity contribution >= 4 is 28.6 Å². The average Bonchev–Trinajstić information content (AvgIpc) is 3.79. The summed E-state index contributed by atoms with van der Waals surface area (Å²) in [7, 11) is 1.16. The summed E-state index contributed by atoms with van der Waals surface area (Å²) in [6.45, 7) is 2.04. The number of carboxylic acid groups (broad SMARTS) is 1. The minimum absolute atomic E-state index is 0.0276. The molecular weight excluding hydrogens is 770 g/mol. The molecule has 1 aromatic heterocycles. The van der Waals surface area contributed by atoms with Crippen molar-refractivity contribution in [3.63, 3.8) is 0 Å². The van der Waals surface area contributed by atoms with Crippen LogP contribution in [0, 0.1) is 6.92 Å². The SMILES string of the molecule is CNC(C(=O)[O-])C(=O)OC(O)C1OC(Oc2ccc3c(=O)c(-c4ccc(O)cc4)coc3c2)C(O[NH+]2C=C3C=CN=C3C2c2cc(C)cc(CCCCO)c2)C(O)C1O. The van der Waals surface area contributed by atoms with Crippen LogP contribution >= 0.6 is 0 Å². The maximum absolute atomic E-state index is 13.5. The van der Waals surface area contributed by atoms with Gasteiger partial charge in [-0.15, -0.1) is 0 Å². The second kappa shape index (κ2) is 17.6. The van der Waals surface area contributed by atoms with Crippen LogP contribution in [0.2, 0.25) is 0 Å². The Balaban J connectivity index is 1.21. The molecule has 4 aromatic rings. The van der Waals surface area contributed by atoms with Crippen molar-refractivity contribution in [3.8, 4) is 22.6 Å². The van der Waals surface area contributed by atoms with Gasteiger partial charge in [0.05, 0.1) is 22.5 Å². The van der Waals surface area contributed by atoms with Crippen LogP contribution in [0.4, 0.5) is 0 Å². The number of likely N-dealkylation sites (N-methyl/N-ethyl adjacent to an activating group) is 1. The van der Waals surface area contributed by atoms with E-state index in [0.29, 0.717) is 22.8 Å². The average molecular weight is 814 g/mol. The van der Waals surface area contributed by atoms with E-state index in [4.69, 9.17) is 23.5 Å². The Morgan fingerprint density at radius 2 is 1.83 bits per heavy atom. The monoisotopic (exact) mass is 813 g/mol. The topological polar surface area (TPSA) is 254 Å². The molecule has 0 saturated carbocycles. The van der Waals surface area contributed by atoms with Gasteiger partial charge in [-0.3, -0.25) is 9.79 Å². The van der Waals surface area contributed by atoms with Crippen LogP contribution in [0.3, 0.4) is 0 Å². The Hall–Kier alpha value is -5.76. The van der Waals surface area contributed by atoms with Crippen LogP contribution in [-0.2, 0) is 30.3 Å². The summed E-state index contributed by atoms with van der Waals surface area (Å²) in [5.74, 6) is -3.23. The number of hydrogen-bond acceptors (Lipinski definition) is 16. The number of aromatic hydroxyl groups is 1. The number of benzene rings is 3. The van der Waals surface area contributed by atoms with Gasteiger partial charge in [-0.25, -0.2) is 4.79 Å². The number of ether oxygens (including phenoxy) is 3. The predicted octanol–water partition coefficient (Wildman–Crippen LogP) is -0.394. The van der Waals surface area contributed by atoms with Gasteiger partial charge < -0.3 is 59.4 Å². The lowest BCUT2D eigenvalue weighted by atomic mass is 9.95. The number of rotatable bonds is 15. The van der Waals surface area contributed by atoms with Crippen LogP contribution in [0.25, 0.3) is 22.1 Å². The highest BCUT2D eigenvalue weighted by molar-refractivity contribution is 6.08. The Labute approximate surface area is 336 Å². The zero-order valence-electron chi connectivity index (χ0n) is 31.9. The number of nitrogens with one attached hydrogen (secondary N) is 2. The van der Waals surface area contributed by atoms with Crippen molar-refractivity contribution in [3.05, 3.63) is 118 Å². The zero-order chi connectivity index (χ0) is 42.0. The number of phenolic OH excluding ortho intramolecular Hbond substituents is 1. The molecule has 3 aliphatic heterocycles. The maximum atomic E-state index is 13.5. The summed E-state index contributed by atoms with van der Waals surface area (Å²) >= 11 is 0. The molecule has 0 spiro atoms. The first-order chi connectivity index (χ1) is 28.4. The molecule has 0 aliphatic carbocycles. The van der Waals surface area contributed by atoms with E-state index in [0.717, 1.165) is 42.2 Å². The van der Waals surface area contributed by atoms with Gasteiger partial charge in [0.2, 0.25) is 18.7 Å². The van der Waals surface area contributed by atoms with Gasteiger partial charge in [0, 0.05) is 24.4 Å². The number of nitrogens with zero attached hydrogens (tertiary/aromatic N) is 1. The molecule has 3 aromatic carbocycles. The molecule has 0 amide bonds. The molecule has 3 aliphatic rings. The summed E-state index contributed by atoms with van der Waals surface area (Å²) in [5.41, 5.74) is 4.77. The smallest absolute Gasteiger partial charge is 0.331 e. The van der Waals surface area contributed by atoms with E-state index < -0.39 is 61.0 Å². The summed E-state index contributed by atoms with van der Waals surface area (Å²) in [6.07, 6.45) is -2.65. The third kappa shape index (κ3) is 8.68. The fraction of sp³-hybridized carbons (Fsp3) is 0.333. The summed E-state index contributed by atoms with van der Waals surface area (Å²) < 4.78 is 23.0. The number of aryl methyl sites for hydroxylation is 2. The molecule has 7 N–H and O–H groups in total. The lowest BCUT2D eigenvalue weighted by Gasteiger charge is -2.42. The molecule has 17 nitrogen and oxygen atoms in total. The molecule has 1 saturated heterocycles. The molecule has 1 fully saturated rings. The largest absolute Gasteiger partial charge is 0.548 e. The van der Waals surface area contributed by atoms with E-state index in [2.05, 4.69) is 16.4 Å². The molecule has 17 heteroatoms. The van der Waals surface area contributed by atoms with Gasteiger partial charge in [0.25, 0.3) is 0 Å².